The first-order valence-electron chi connectivity index (χ1n) is 13.3. The van der Waals surface area contributed by atoms with E-state index in [0.29, 0.717) is 30.8 Å². The number of nitrogens with zero attached hydrogens (tertiary/aromatic N) is 2. The van der Waals surface area contributed by atoms with Crippen LogP contribution >= 0.6 is 0 Å². The van der Waals surface area contributed by atoms with Crippen molar-refractivity contribution in [2.75, 3.05) is 13.7 Å². The summed E-state index contributed by atoms with van der Waals surface area (Å²) >= 11 is 0. The molecule has 3 aromatic rings. The van der Waals surface area contributed by atoms with Crippen LogP contribution in [0.3, 0.4) is 0 Å². The van der Waals surface area contributed by atoms with E-state index in [1.807, 2.05) is 29.2 Å². The Balaban J connectivity index is 1.18. The van der Waals surface area contributed by atoms with Crippen molar-refractivity contribution in [3.05, 3.63) is 89.0 Å². The van der Waals surface area contributed by atoms with Crippen LogP contribution < -0.4 is 4.74 Å². The number of fused-ring (bicyclic) bond motifs is 5. The van der Waals surface area contributed by atoms with Crippen molar-refractivity contribution < 1.29 is 19.1 Å². The van der Waals surface area contributed by atoms with Gasteiger partial charge in [0.2, 0.25) is 0 Å². The Labute approximate surface area is 222 Å². The van der Waals surface area contributed by atoms with Crippen molar-refractivity contribution in [2.45, 2.75) is 50.1 Å². The summed E-state index contributed by atoms with van der Waals surface area (Å²) in [6.45, 7) is 0.292. The molecule has 192 valence electrons. The monoisotopic (exact) mass is 506 g/mol. The van der Waals surface area contributed by atoms with Crippen LogP contribution in [0.5, 0.6) is 5.75 Å². The fraction of sp³-hybridized carbons (Fsp3) is 0.344. The summed E-state index contributed by atoms with van der Waals surface area (Å²) in [5.41, 5.74) is 5.48. The van der Waals surface area contributed by atoms with E-state index in [4.69, 9.17) is 9.47 Å². The van der Waals surface area contributed by atoms with Crippen LogP contribution in [0.15, 0.2) is 66.7 Å². The lowest BCUT2D eigenvalue weighted by molar-refractivity contribution is 0.00650. The Morgan fingerprint density at radius 3 is 2.16 bits per heavy atom. The predicted molar refractivity (Wildman–Crippen MR) is 143 cm³/mol. The maximum absolute atomic E-state index is 13.5. The summed E-state index contributed by atoms with van der Waals surface area (Å²) in [6, 6.07) is 23.9. The summed E-state index contributed by atoms with van der Waals surface area (Å²) in [5.74, 6) is 0.157. The van der Waals surface area contributed by atoms with Crippen LogP contribution in [-0.2, 0) is 4.74 Å². The van der Waals surface area contributed by atoms with Crippen LogP contribution in [-0.4, -0.2) is 42.6 Å². The van der Waals surface area contributed by atoms with Crippen LogP contribution in [0.2, 0.25) is 0 Å². The van der Waals surface area contributed by atoms with Gasteiger partial charge in [0.25, 0.3) is 0 Å². The van der Waals surface area contributed by atoms with Gasteiger partial charge in [0.05, 0.1) is 7.11 Å². The lowest BCUT2D eigenvalue weighted by Gasteiger charge is -2.47. The largest absolute Gasteiger partial charge is 0.495 e. The molecule has 0 spiro atoms. The number of hydrogen-bond acceptors (Lipinski definition) is 5. The molecule has 6 rings (SSSR count). The molecule has 0 radical (unpaired) electrons. The normalized spacial score (nSPS) is 21.7. The summed E-state index contributed by atoms with van der Waals surface area (Å²) in [5, 5.41) is 9.67. The van der Waals surface area contributed by atoms with Gasteiger partial charge in [-0.2, -0.15) is 5.26 Å². The first-order chi connectivity index (χ1) is 18.6. The van der Waals surface area contributed by atoms with E-state index in [0.717, 1.165) is 19.3 Å². The minimum absolute atomic E-state index is 0.0165. The summed E-state index contributed by atoms with van der Waals surface area (Å²) < 4.78 is 11.3. The zero-order valence-electron chi connectivity index (χ0n) is 21.4. The number of methoxy groups -OCH3 is 1. The molecule has 2 fully saturated rings. The Hall–Kier alpha value is -4.11. The number of piperidine rings is 2. The zero-order valence-corrected chi connectivity index (χ0v) is 21.4. The van der Waals surface area contributed by atoms with Crippen molar-refractivity contribution in [1.29, 1.82) is 5.26 Å². The van der Waals surface area contributed by atoms with Gasteiger partial charge in [-0.25, -0.2) is 4.79 Å². The summed E-state index contributed by atoms with van der Waals surface area (Å²) in [6.07, 6.45) is 3.63. The first kappa shape index (κ1) is 24.2. The molecule has 2 aliphatic heterocycles. The van der Waals surface area contributed by atoms with Crippen molar-refractivity contribution in [2.24, 2.45) is 5.92 Å². The van der Waals surface area contributed by atoms with Gasteiger partial charge in [0.1, 0.15) is 24.0 Å². The Morgan fingerprint density at radius 2 is 1.55 bits per heavy atom. The van der Waals surface area contributed by atoms with Crippen molar-refractivity contribution in [3.63, 3.8) is 0 Å². The van der Waals surface area contributed by atoms with Gasteiger partial charge >= 0.3 is 6.09 Å². The lowest BCUT2D eigenvalue weighted by Crippen LogP contribution is -2.56. The highest BCUT2D eigenvalue weighted by Gasteiger charge is 2.44. The predicted octanol–water partition coefficient (Wildman–Crippen LogP) is 6.33. The Bertz CT molecular complexity index is 1380. The SMILES string of the molecule is COc1cccc(C(=O)C2CC3CCCC(C2)N3C(=O)OCC2c3ccccc3-c3ccccc32)c1C#N. The van der Waals surface area contributed by atoms with Crippen molar-refractivity contribution >= 4 is 11.9 Å². The van der Waals surface area contributed by atoms with Crippen LogP contribution in [0.1, 0.15) is 65.1 Å². The first-order valence-corrected chi connectivity index (χ1v) is 13.3. The highest BCUT2D eigenvalue weighted by atomic mass is 16.6. The van der Waals surface area contributed by atoms with Gasteiger partial charge < -0.3 is 14.4 Å². The van der Waals surface area contributed by atoms with Gasteiger partial charge in [0, 0.05) is 29.5 Å². The second-order valence-electron chi connectivity index (χ2n) is 10.5. The van der Waals surface area contributed by atoms with E-state index in [9.17, 15) is 14.9 Å². The van der Waals surface area contributed by atoms with E-state index >= 15 is 0 Å². The number of carbonyl (C=O) groups excluding carboxylic acids is 2. The molecule has 6 nitrogen and oxygen atoms in total. The van der Waals surface area contributed by atoms with Gasteiger partial charge in [-0.05, 0) is 66.5 Å². The van der Waals surface area contributed by atoms with Gasteiger partial charge in [0.15, 0.2) is 5.78 Å². The third-order valence-corrected chi connectivity index (χ3v) is 8.52. The molecular formula is C32H30N2O4. The Morgan fingerprint density at radius 1 is 0.921 bits per heavy atom. The molecule has 2 unspecified atom stereocenters. The second kappa shape index (κ2) is 9.98. The van der Waals surface area contributed by atoms with E-state index in [-0.39, 0.29) is 41.4 Å². The average molecular weight is 507 g/mol. The molecular weight excluding hydrogens is 476 g/mol. The summed E-state index contributed by atoms with van der Waals surface area (Å²) in [7, 11) is 1.50. The molecule has 2 bridgehead atoms. The number of amides is 1. The molecule has 3 aliphatic rings. The van der Waals surface area contributed by atoms with Gasteiger partial charge in [-0.3, -0.25) is 4.79 Å². The molecule has 2 atom stereocenters. The third-order valence-electron chi connectivity index (χ3n) is 8.52. The molecule has 3 aromatic carbocycles. The molecule has 2 heterocycles. The highest BCUT2D eigenvalue weighted by molar-refractivity contribution is 6.01. The molecule has 1 aliphatic carbocycles. The number of benzene rings is 3. The van der Waals surface area contributed by atoms with Crippen molar-refractivity contribution in [1.82, 2.24) is 4.90 Å². The van der Waals surface area contributed by atoms with Crippen LogP contribution in [0, 0.1) is 17.2 Å². The Kier molecular flexibility index (Phi) is 6.37. The van der Waals surface area contributed by atoms with Gasteiger partial charge in [-0.15, -0.1) is 0 Å². The zero-order chi connectivity index (χ0) is 26.2. The topological polar surface area (TPSA) is 79.6 Å². The molecule has 38 heavy (non-hydrogen) atoms. The number of Topliss-reactive ketones (excluding diaryl/α,β-unsaturated/α-hetero) is 1. The van der Waals surface area contributed by atoms with E-state index in [1.54, 1.807) is 18.2 Å². The number of ether oxygens (including phenoxy) is 2. The number of nitriles is 1. The molecule has 1 amide bonds. The highest BCUT2D eigenvalue weighted by Crippen LogP contribution is 2.45. The van der Waals surface area contributed by atoms with E-state index < -0.39 is 0 Å². The molecule has 0 N–H and O–H groups in total. The fourth-order valence-corrected chi connectivity index (χ4v) is 6.80. The van der Waals surface area contributed by atoms with Crippen molar-refractivity contribution in [3.8, 4) is 22.9 Å². The van der Waals surface area contributed by atoms with Gasteiger partial charge in [-0.1, -0.05) is 54.6 Å². The third kappa shape index (κ3) is 4.03. The number of ketones is 1. The maximum atomic E-state index is 13.5. The second-order valence-corrected chi connectivity index (χ2v) is 10.5. The quantitative estimate of drug-likeness (QED) is 0.378. The number of hydrogen-bond donors (Lipinski definition) is 0. The number of carbonyl (C=O) groups is 2. The van der Waals surface area contributed by atoms with Crippen LogP contribution in [0.4, 0.5) is 4.79 Å². The van der Waals surface area contributed by atoms with Crippen LogP contribution in [0.25, 0.3) is 11.1 Å². The average Bonchev–Trinajstić information content (AvgIpc) is 3.27. The standard InChI is InChI=1S/C32H30N2O4/c1-37-30-15-7-14-27(28(30)18-33)31(35)20-16-21-8-6-9-22(17-20)34(21)32(36)38-19-29-25-12-4-2-10-23(25)24-11-3-5-13-26(24)29/h2-5,7,10-15,20-22,29H,6,8-9,16-17,19H2,1H3. The molecule has 0 saturated carbocycles. The minimum Gasteiger partial charge on any atom is -0.495 e. The molecule has 2 saturated heterocycles. The smallest absolute Gasteiger partial charge is 0.410 e. The van der Waals surface area contributed by atoms with E-state index in [2.05, 4.69) is 30.3 Å². The lowest BCUT2D eigenvalue weighted by atomic mass is 9.75. The summed E-state index contributed by atoms with van der Waals surface area (Å²) in [4.78, 5) is 28.9. The van der Waals surface area contributed by atoms with E-state index in [1.165, 1.54) is 29.4 Å². The maximum Gasteiger partial charge on any atom is 0.410 e. The fourth-order valence-electron chi connectivity index (χ4n) is 6.80. The molecule has 6 heteroatoms. The minimum atomic E-state index is -0.286. The number of rotatable bonds is 5. The molecule has 0 aromatic heterocycles.